The van der Waals surface area contributed by atoms with Crippen LogP contribution in [0.2, 0.25) is 0 Å². The molecule has 5 nitrogen and oxygen atoms in total. The van der Waals surface area contributed by atoms with Gasteiger partial charge in [0.15, 0.2) is 0 Å². The Kier molecular flexibility index (Phi) is 4.94. The number of hydrazine groups is 1. The molecule has 0 radical (unpaired) electrons. The first-order valence-corrected chi connectivity index (χ1v) is 8.27. The highest BCUT2D eigenvalue weighted by Gasteiger charge is 2.37. The third-order valence-electron chi connectivity index (χ3n) is 5.02. The van der Waals surface area contributed by atoms with Gasteiger partial charge < -0.3 is 10.0 Å². The van der Waals surface area contributed by atoms with Crippen LogP contribution in [-0.4, -0.2) is 47.7 Å². The summed E-state index contributed by atoms with van der Waals surface area (Å²) in [5.74, 6) is 0.263. The van der Waals surface area contributed by atoms with Gasteiger partial charge in [-0.25, -0.2) is 4.39 Å². The number of nitrogens with one attached hydrogen (secondary N) is 2. The van der Waals surface area contributed by atoms with Gasteiger partial charge in [-0.1, -0.05) is 12.1 Å². The first kappa shape index (κ1) is 16.4. The number of benzene rings is 1. The summed E-state index contributed by atoms with van der Waals surface area (Å²) in [4.78, 5) is 13.6. The summed E-state index contributed by atoms with van der Waals surface area (Å²) in [6, 6.07) is 7.04. The van der Waals surface area contributed by atoms with E-state index in [1.165, 1.54) is 13.0 Å². The number of halogens is 1. The number of aliphatic hydroxyl groups is 1. The molecule has 0 aliphatic carbocycles. The van der Waals surface area contributed by atoms with Gasteiger partial charge in [0.2, 0.25) is 0 Å². The minimum absolute atomic E-state index is 0.192. The lowest BCUT2D eigenvalue weighted by atomic mass is 9.80. The van der Waals surface area contributed by atoms with E-state index < -0.39 is 6.10 Å². The van der Waals surface area contributed by atoms with Crippen molar-refractivity contribution < 1.29 is 14.3 Å². The molecule has 1 aromatic rings. The molecule has 3 atom stereocenters. The average molecular weight is 321 g/mol. The van der Waals surface area contributed by atoms with Gasteiger partial charge >= 0.3 is 0 Å². The SMILES string of the molecule is CC(O)C(=O)N1CCC(C2NNCC2c2cccc(F)c2)CC1. The van der Waals surface area contributed by atoms with Crippen LogP contribution in [0.25, 0.3) is 0 Å². The highest BCUT2D eigenvalue weighted by Crippen LogP contribution is 2.32. The zero-order chi connectivity index (χ0) is 16.4. The summed E-state index contributed by atoms with van der Waals surface area (Å²) in [6.07, 6.45) is 0.852. The molecule has 3 unspecified atom stereocenters. The van der Waals surface area contributed by atoms with Crippen molar-refractivity contribution in [2.75, 3.05) is 19.6 Å². The predicted octanol–water partition coefficient (Wildman–Crippen LogP) is 1.01. The van der Waals surface area contributed by atoms with Gasteiger partial charge in [-0.3, -0.25) is 15.6 Å². The minimum atomic E-state index is -0.933. The molecule has 2 fully saturated rings. The van der Waals surface area contributed by atoms with Crippen molar-refractivity contribution in [1.82, 2.24) is 15.8 Å². The summed E-state index contributed by atoms with van der Waals surface area (Å²) in [5, 5.41) is 9.42. The van der Waals surface area contributed by atoms with Gasteiger partial charge in [0, 0.05) is 31.6 Å². The number of amides is 1. The molecular weight excluding hydrogens is 297 g/mol. The van der Waals surface area contributed by atoms with Crippen molar-refractivity contribution in [3.63, 3.8) is 0 Å². The van der Waals surface area contributed by atoms with E-state index in [0.29, 0.717) is 19.0 Å². The molecule has 0 bridgehead atoms. The molecule has 3 N–H and O–H groups in total. The van der Waals surface area contributed by atoms with Gasteiger partial charge in [0.05, 0.1) is 0 Å². The zero-order valence-electron chi connectivity index (χ0n) is 13.3. The van der Waals surface area contributed by atoms with Gasteiger partial charge in [0.1, 0.15) is 11.9 Å². The average Bonchev–Trinajstić information content (AvgIpc) is 3.04. The smallest absolute Gasteiger partial charge is 0.251 e. The Bertz CT molecular complexity index is 559. The van der Waals surface area contributed by atoms with Crippen molar-refractivity contribution in [2.45, 2.75) is 37.8 Å². The first-order chi connectivity index (χ1) is 11.1. The maximum absolute atomic E-state index is 13.5. The molecule has 2 saturated heterocycles. The Balaban J connectivity index is 1.64. The molecule has 0 saturated carbocycles. The number of hydrogen-bond donors (Lipinski definition) is 3. The highest BCUT2D eigenvalue weighted by molar-refractivity contribution is 5.80. The van der Waals surface area contributed by atoms with E-state index in [4.69, 9.17) is 0 Å². The Morgan fingerprint density at radius 1 is 1.39 bits per heavy atom. The normalized spacial score (nSPS) is 27.2. The molecular formula is C17H24FN3O2. The number of piperidine rings is 1. The number of rotatable bonds is 3. The molecule has 23 heavy (non-hydrogen) atoms. The lowest BCUT2D eigenvalue weighted by Crippen LogP contribution is -2.47. The van der Waals surface area contributed by atoms with Crippen molar-refractivity contribution in [3.8, 4) is 0 Å². The van der Waals surface area contributed by atoms with Crippen molar-refractivity contribution in [2.24, 2.45) is 5.92 Å². The van der Waals surface area contributed by atoms with Crippen LogP contribution < -0.4 is 10.9 Å². The van der Waals surface area contributed by atoms with Crippen LogP contribution in [0.1, 0.15) is 31.2 Å². The van der Waals surface area contributed by atoms with Crippen LogP contribution in [0.15, 0.2) is 24.3 Å². The molecule has 2 aliphatic rings. The Hall–Kier alpha value is -1.50. The second kappa shape index (κ2) is 6.95. The van der Waals surface area contributed by atoms with Gasteiger partial charge in [-0.05, 0) is 43.4 Å². The second-order valence-corrected chi connectivity index (χ2v) is 6.55. The maximum atomic E-state index is 13.5. The fraction of sp³-hybridized carbons (Fsp3) is 0.588. The fourth-order valence-corrected chi connectivity index (χ4v) is 3.77. The number of aliphatic hydroxyl groups excluding tert-OH is 1. The molecule has 6 heteroatoms. The predicted molar refractivity (Wildman–Crippen MR) is 85.1 cm³/mol. The van der Waals surface area contributed by atoms with E-state index in [0.717, 1.165) is 24.9 Å². The van der Waals surface area contributed by atoms with E-state index in [1.54, 1.807) is 17.0 Å². The molecule has 0 spiro atoms. The van der Waals surface area contributed by atoms with Crippen molar-refractivity contribution in [1.29, 1.82) is 0 Å². The lowest BCUT2D eigenvalue weighted by molar-refractivity contribution is -0.140. The van der Waals surface area contributed by atoms with E-state index in [9.17, 15) is 14.3 Å². The largest absolute Gasteiger partial charge is 0.384 e. The number of carbonyl (C=O) groups is 1. The summed E-state index contributed by atoms with van der Waals surface area (Å²) >= 11 is 0. The Labute approximate surface area is 135 Å². The fourth-order valence-electron chi connectivity index (χ4n) is 3.77. The summed E-state index contributed by atoms with van der Waals surface area (Å²) < 4.78 is 13.5. The topological polar surface area (TPSA) is 64.6 Å². The third kappa shape index (κ3) is 3.54. The van der Waals surface area contributed by atoms with Crippen molar-refractivity contribution in [3.05, 3.63) is 35.6 Å². The molecule has 2 heterocycles. The Morgan fingerprint density at radius 3 is 2.78 bits per heavy atom. The van der Waals surface area contributed by atoms with Gasteiger partial charge in [-0.2, -0.15) is 0 Å². The summed E-state index contributed by atoms with van der Waals surface area (Å²) in [5.41, 5.74) is 7.54. The standard InChI is InChI=1S/C17H24FN3O2/c1-11(22)17(23)21-7-5-12(6-8-21)16-15(10-19-20-16)13-3-2-4-14(18)9-13/h2-4,9,11-12,15-16,19-20,22H,5-8,10H2,1H3. The van der Waals surface area contributed by atoms with Crippen LogP contribution in [0, 0.1) is 11.7 Å². The highest BCUT2D eigenvalue weighted by atomic mass is 19.1. The monoisotopic (exact) mass is 321 g/mol. The third-order valence-corrected chi connectivity index (χ3v) is 5.02. The second-order valence-electron chi connectivity index (χ2n) is 6.55. The van der Waals surface area contributed by atoms with E-state index in [1.807, 2.05) is 6.07 Å². The molecule has 1 amide bonds. The molecule has 1 aromatic carbocycles. The van der Waals surface area contributed by atoms with Gasteiger partial charge in [0.25, 0.3) is 5.91 Å². The Morgan fingerprint density at radius 2 is 2.13 bits per heavy atom. The molecule has 3 rings (SSSR count). The molecule has 0 aromatic heterocycles. The molecule has 126 valence electrons. The minimum Gasteiger partial charge on any atom is -0.384 e. The van der Waals surface area contributed by atoms with E-state index >= 15 is 0 Å². The number of hydrogen-bond acceptors (Lipinski definition) is 4. The maximum Gasteiger partial charge on any atom is 0.251 e. The van der Waals surface area contributed by atoms with Crippen LogP contribution in [0.3, 0.4) is 0 Å². The van der Waals surface area contributed by atoms with Crippen molar-refractivity contribution >= 4 is 5.91 Å². The summed E-state index contributed by atoms with van der Waals surface area (Å²) in [7, 11) is 0. The van der Waals surface area contributed by atoms with Crippen LogP contribution in [0.5, 0.6) is 0 Å². The first-order valence-electron chi connectivity index (χ1n) is 8.27. The van der Waals surface area contributed by atoms with Gasteiger partial charge in [-0.15, -0.1) is 0 Å². The zero-order valence-corrected chi connectivity index (χ0v) is 13.3. The number of likely N-dealkylation sites (tertiary alicyclic amines) is 1. The lowest BCUT2D eigenvalue weighted by Gasteiger charge is -2.37. The van der Waals surface area contributed by atoms with Crippen LogP contribution in [0.4, 0.5) is 4.39 Å². The van der Waals surface area contributed by atoms with E-state index in [2.05, 4.69) is 10.9 Å². The number of carbonyl (C=O) groups excluding carboxylic acids is 1. The van der Waals surface area contributed by atoms with E-state index in [-0.39, 0.29) is 23.7 Å². The quantitative estimate of drug-likeness (QED) is 0.777. The van der Waals surface area contributed by atoms with Crippen LogP contribution in [-0.2, 0) is 4.79 Å². The van der Waals surface area contributed by atoms with Crippen LogP contribution >= 0.6 is 0 Å². The summed E-state index contributed by atoms with van der Waals surface area (Å²) in [6.45, 7) is 3.63. The molecule has 2 aliphatic heterocycles. The number of nitrogens with zero attached hydrogens (tertiary/aromatic N) is 1.